The third-order valence-electron chi connectivity index (χ3n) is 5.35. The standard InChI is InChI=1S/C27H33NO4/c1-20(29)25-9-5-6-10-26(25)32-19-23(30)17-28(18-24-8-7-15-31-24)16-21-11-13-22(14-12-21)27(2,3)4/h5-15,23,30H,16-19H2,1-4H3. The molecule has 1 heterocycles. The summed E-state index contributed by atoms with van der Waals surface area (Å²) in [6.45, 7) is 9.87. The molecule has 1 unspecified atom stereocenters. The minimum atomic E-state index is -0.723. The topological polar surface area (TPSA) is 62.9 Å². The highest BCUT2D eigenvalue weighted by Crippen LogP contribution is 2.23. The summed E-state index contributed by atoms with van der Waals surface area (Å²) in [6.07, 6.45) is 0.933. The molecule has 5 nitrogen and oxygen atoms in total. The summed E-state index contributed by atoms with van der Waals surface area (Å²) in [5, 5.41) is 10.7. The normalized spacial score (nSPS) is 12.7. The number of benzene rings is 2. The van der Waals surface area contributed by atoms with Gasteiger partial charge in [0.25, 0.3) is 0 Å². The van der Waals surface area contributed by atoms with Crippen LogP contribution < -0.4 is 4.74 Å². The van der Waals surface area contributed by atoms with Crippen LogP contribution in [0.2, 0.25) is 0 Å². The van der Waals surface area contributed by atoms with Gasteiger partial charge in [-0.05, 0) is 47.7 Å². The summed E-state index contributed by atoms with van der Waals surface area (Å²) in [4.78, 5) is 13.9. The highest BCUT2D eigenvalue weighted by Gasteiger charge is 2.17. The number of hydrogen-bond donors (Lipinski definition) is 1. The van der Waals surface area contributed by atoms with Crippen LogP contribution in [0.1, 0.15) is 54.9 Å². The zero-order valence-electron chi connectivity index (χ0n) is 19.4. The summed E-state index contributed by atoms with van der Waals surface area (Å²) < 4.78 is 11.3. The van der Waals surface area contributed by atoms with Gasteiger partial charge in [-0.25, -0.2) is 0 Å². The smallest absolute Gasteiger partial charge is 0.163 e. The number of nitrogens with zero attached hydrogens (tertiary/aromatic N) is 1. The van der Waals surface area contributed by atoms with Crippen molar-refractivity contribution in [2.45, 2.75) is 52.3 Å². The summed E-state index contributed by atoms with van der Waals surface area (Å²) in [6, 6.07) is 19.5. The van der Waals surface area contributed by atoms with Gasteiger partial charge in [-0.1, -0.05) is 57.2 Å². The van der Waals surface area contributed by atoms with Crippen molar-refractivity contribution in [1.82, 2.24) is 4.90 Å². The Bertz CT molecular complexity index is 987. The average molecular weight is 436 g/mol. The van der Waals surface area contributed by atoms with Gasteiger partial charge < -0.3 is 14.3 Å². The number of ether oxygens (including phenoxy) is 1. The first-order valence-corrected chi connectivity index (χ1v) is 11.0. The molecule has 2 aromatic carbocycles. The number of carbonyl (C=O) groups excluding carboxylic acids is 1. The Hall–Kier alpha value is -2.89. The van der Waals surface area contributed by atoms with Gasteiger partial charge in [0.15, 0.2) is 5.78 Å². The van der Waals surface area contributed by atoms with E-state index in [1.807, 2.05) is 18.2 Å². The van der Waals surface area contributed by atoms with Crippen LogP contribution in [0.5, 0.6) is 5.75 Å². The molecule has 1 atom stereocenters. The lowest BCUT2D eigenvalue weighted by atomic mass is 9.87. The maximum Gasteiger partial charge on any atom is 0.163 e. The van der Waals surface area contributed by atoms with Crippen molar-refractivity contribution in [3.63, 3.8) is 0 Å². The second-order valence-corrected chi connectivity index (χ2v) is 9.21. The minimum Gasteiger partial charge on any atom is -0.490 e. The van der Waals surface area contributed by atoms with Crippen LogP contribution in [0.4, 0.5) is 0 Å². The van der Waals surface area contributed by atoms with E-state index in [0.29, 0.717) is 30.9 Å². The van der Waals surface area contributed by atoms with Gasteiger partial charge in [0.1, 0.15) is 24.2 Å². The van der Waals surface area contributed by atoms with Crippen LogP contribution >= 0.6 is 0 Å². The van der Waals surface area contributed by atoms with Crippen molar-refractivity contribution < 1.29 is 19.1 Å². The molecule has 0 fully saturated rings. The number of aliphatic hydroxyl groups is 1. The first kappa shape index (κ1) is 23.8. The molecule has 170 valence electrons. The van der Waals surface area contributed by atoms with Gasteiger partial charge in [-0.3, -0.25) is 9.69 Å². The predicted octanol–water partition coefficient (Wildman–Crippen LogP) is 5.22. The Labute approximate surface area is 190 Å². The molecule has 0 saturated heterocycles. The molecule has 0 saturated carbocycles. The van der Waals surface area contributed by atoms with Crippen LogP contribution in [0, 0.1) is 0 Å². The summed E-state index contributed by atoms with van der Waals surface area (Å²) in [5.41, 5.74) is 3.08. The Kier molecular flexibility index (Phi) is 7.89. The number of aliphatic hydroxyl groups excluding tert-OH is 1. The summed E-state index contributed by atoms with van der Waals surface area (Å²) >= 11 is 0. The van der Waals surface area contributed by atoms with Crippen molar-refractivity contribution >= 4 is 5.78 Å². The van der Waals surface area contributed by atoms with E-state index < -0.39 is 6.10 Å². The fourth-order valence-electron chi connectivity index (χ4n) is 3.60. The van der Waals surface area contributed by atoms with Gasteiger partial charge in [-0.2, -0.15) is 0 Å². The van der Waals surface area contributed by atoms with E-state index in [1.165, 1.54) is 18.1 Å². The first-order valence-electron chi connectivity index (χ1n) is 11.0. The van der Waals surface area contributed by atoms with E-state index in [2.05, 4.69) is 49.9 Å². The second-order valence-electron chi connectivity index (χ2n) is 9.21. The van der Waals surface area contributed by atoms with E-state index in [1.54, 1.807) is 24.5 Å². The van der Waals surface area contributed by atoms with Crippen molar-refractivity contribution in [3.8, 4) is 5.75 Å². The van der Waals surface area contributed by atoms with E-state index in [4.69, 9.17) is 9.15 Å². The lowest BCUT2D eigenvalue weighted by Crippen LogP contribution is -2.35. The molecule has 1 aromatic heterocycles. The SMILES string of the molecule is CC(=O)c1ccccc1OCC(O)CN(Cc1ccc(C(C)(C)C)cc1)Cc1ccco1. The molecule has 0 aliphatic carbocycles. The van der Waals surface area contributed by atoms with Gasteiger partial charge in [-0.15, -0.1) is 0 Å². The number of hydrogen-bond acceptors (Lipinski definition) is 5. The zero-order valence-corrected chi connectivity index (χ0v) is 19.4. The third-order valence-corrected chi connectivity index (χ3v) is 5.35. The number of rotatable bonds is 10. The Balaban J connectivity index is 1.65. The highest BCUT2D eigenvalue weighted by molar-refractivity contribution is 5.96. The van der Waals surface area contributed by atoms with Gasteiger partial charge >= 0.3 is 0 Å². The first-order chi connectivity index (χ1) is 15.2. The molecule has 3 rings (SSSR count). The van der Waals surface area contributed by atoms with Gasteiger partial charge in [0.05, 0.1) is 18.4 Å². The van der Waals surface area contributed by atoms with E-state index >= 15 is 0 Å². The number of ketones is 1. The Morgan fingerprint density at radius 3 is 2.38 bits per heavy atom. The molecule has 1 N–H and O–H groups in total. The van der Waals surface area contributed by atoms with Crippen molar-refractivity contribution in [2.24, 2.45) is 0 Å². The molecule has 0 radical (unpaired) electrons. The van der Waals surface area contributed by atoms with E-state index in [9.17, 15) is 9.90 Å². The Morgan fingerprint density at radius 1 is 1.03 bits per heavy atom. The molecule has 3 aromatic rings. The molecule has 0 spiro atoms. The molecular weight excluding hydrogens is 402 g/mol. The number of carbonyl (C=O) groups is 1. The highest BCUT2D eigenvalue weighted by atomic mass is 16.5. The van der Waals surface area contributed by atoms with Crippen molar-refractivity contribution in [1.29, 1.82) is 0 Å². The van der Waals surface area contributed by atoms with E-state index in [0.717, 1.165) is 5.76 Å². The van der Waals surface area contributed by atoms with Gasteiger partial charge in [0, 0.05) is 13.1 Å². The van der Waals surface area contributed by atoms with Crippen LogP contribution in [0.3, 0.4) is 0 Å². The molecule has 0 aliphatic heterocycles. The van der Waals surface area contributed by atoms with Crippen LogP contribution in [0.15, 0.2) is 71.3 Å². The molecule has 5 heteroatoms. The maximum absolute atomic E-state index is 11.8. The molecule has 0 bridgehead atoms. The molecule has 0 amide bonds. The lowest BCUT2D eigenvalue weighted by Gasteiger charge is -2.25. The van der Waals surface area contributed by atoms with Crippen molar-refractivity contribution in [2.75, 3.05) is 13.2 Å². The quantitative estimate of drug-likeness (QED) is 0.442. The van der Waals surface area contributed by atoms with Crippen LogP contribution in [-0.4, -0.2) is 35.0 Å². The minimum absolute atomic E-state index is 0.0618. The lowest BCUT2D eigenvalue weighted by molar-refractivity contribution is 0.0599. The average Bonchev–Trinajstić information content (AvgIpc) is 3.25. The van der Waals surface area contributed by atoms with E-state index in [-0.39, 0.29) is 17.8 Å². The molecule has 0 aliphatic rings. The second kappa shape index (κ2) is 10.6. The summed E-state index contributed by atoms with van der Waals surface area (Å²) in [5.74, 6) is 1.27. The largest absolute Gasteiger partial charge is 0.490 e. The number of furan rings is 1. The zero-order chi connectivity index (χ0) is 23.1. The molecular formula is C27H33NO4. The summed E-state index contributed by atoms with van der Waals surface area (Å²) in [7, 11) is 0. The maximum atomic E-state index is 11.8. The number of Topliss-reactive ketones (excluding diaryl/α,β-unsaturated/α-hetero) is 1. The molecule has 32 heavy (non-hydrogen) atoms. The fourth-order valence-corrected chi connectivity index (χ4v) is 3.60. The predicted molar refractivity (Wildman–Crippen MR) is 126 cm³/mol. The van der Waals surface area contributed by atoms with Gasteiger partial charge in [0.2, 0.25) is 0 Å². The monoisotopic (exact) mass is 435 g/mol. The third kappa shape index (κ3) is 6.81. The van der Waals surface area contributed by atoms with Crippen LogP contribution in [0.25, 0.3) is 0 Å². The number of para-hydroxylation sites is 1. The fraction of sp³-hybridized carbons (Fsp3) is 0.370. The van der Waals surface area contributed by atoms with Crippen molar-refractivity contribution in [3.05, 3.63) is 89.4 Å². The Morgan fingerprint density at radius 2 is 1.75 bits per heavy atom. The van der Waals surface area contributed by atoms with Crippen LogP contribution in [-0.2, 0) is 18.5 Å².